The molecule has 3 heterocycles. The summed E-state index contributed by atoms with van der Waals surface area (Å²) in [6, 6.07) is 12.6. The number of halogens is 1. The SMILES string of the molecule is O=C(Nc1ccccc1)c1nnc(C2CCN(C(=O)c3ccc(Br)o3)CC2)s1. The molecule has 4 rings (SSSR count). The number of piperidine rings is 1. The maximum absolute atomic E-state index is 12.5. The summed E-state index contributed by atoms with van der Waals surface area (Å²) in [7, 11) is 0. The number of hydrogen-bond acceptors (Lipinski definition) is 6. The van der Waals surface area contributed by atoms with Crippen LogP contribution in [0.3, 0.4) is 0 Å². The van der Waals surface area contributed by atoms with E-state index >= 15 is 0 Å². The summed E-state index contributed by atoms with van der Waals surface area (Å²) in [6.45, 7) is 1.24. The second kappa shape index (κ2) is 8.24. The van der Waals surface area contributed by atoms with Gasteiger partial charge in [0.1, 0.15) is 5.01 Å². The number of hydrogen-bond donors (Lipinski definition) is 1. The Balaban J connectivity index is 1.35. The van der Waals surface area contributed by atoms with Gasteiger partial charge in [0.25, 0.3) is 11.8 Å². The second-order valence-corrected chi connectivity index (χ2v) is 8.23. The van der Waals surface area contributed by atoms with Crippen molar-refractivity contribution in [2.24, 2.45) is 0 Å². The fraction of sp³-hybridized carbons (Fsp3) is 0.263. The maximum atomic E-state index is 12.5. The molecule has 1 aliphatic heterocycles. The van der Waals surface area contributed by atoms with Gasteiger partial charge >= 0.3 is 0 Å². The largest absolute Gasteiger partial charge is 0.444 e. The molecular weight excluding hydrogens is 444 g/mol. The molecule has 144 valence electrons. The minimum absolute atomic E-state index is 0.107. The third-order valence-electron chi connectivity index (χ3n) is 4.58. The van der Waals surface area contributed by atoms with E-state index in [9.17, 15) is 9.59 Å². The van der Waals surface area contributed by atoms with Crippen LogP contribution in [0.5, 0.6) is 0 Å². The van der Waals surface area contributed by atoms with Crippen LogP contribution in [0.1, 0.15) is 44.1 Å². The zero-order valence-corrected chi connectivity index (χ0v) is 17.2. The lowest BCUT2D eigenvalue weighted by molar-refractivity contribution is 0.0679. The van der Waals surface area contributed by atoms with Crippen LogP contribution < -0.4 is 5.32 Å². The summed E-state index contributed by atoms with van der Waals surface area (Å²) in [6.07, 6.45) is 1.56. The standard InChI is InChI=1S/C19H17BrN4O3S/c20-15-7-6-14(27-15)19(26)24-10-8-12(9-11-24)17-22-23-18(28-17)16(25)21-13-4-2-1-3-5-13/h1-7,12H,8-11H2,(H,21,25). The van der Waals surface area contributed by atoms with Gasteiger partial charge in [-0.2, -0.15) is 0 Å². The molecule has 2 amide bonds. The van der Waals surface area contributed by atoms with Crippen LogP contribution in [0.2, 0.25) is 0 Å². The molecule has 1 fully saturated rings. The number of aromatic nitrogens is 2. The Morgan fingerprint density at radius 2 is 1.86 bits per heavy atom. The van der Waals surface area contributed by atoms with E-state index in [-0.39, 0.29) is 17.7 Å². The average Bonchev–Trinajstić information content (AvgIpc) is 3.38. The molecule has 0 spiro atoms. The minimum Gasteiger partial charge on any atom is -0.444 e. The molecule has 0 unspecified atom stereocenters. The van der Waals surface area contributed by atoms with E-state index in [1.807, 2.05) is 30.3 Å². The zero-order chi connectivity index (χ0) is 19.5. The summed E-state index contributed by atoms with van der Waals surface area (Å²) in [5.41, 5.74) is 0.723. The van der Waals surface area contributed by atoms with Gasteiger partial charge in [0.15, 0.2) is 10.4 Å². The van der Waals surface area contributed by atoms with Gasteiger partial charge in [-0.3, -0.25) is 9.59 Å². The number of nitrogens with one attached hydrogen (secondary N) is 1. The van der Waals surface area contributed by atoms with Crippen molar-refractivity contribution in [2.45, 2.75) is 18.8 Å². The van der Waals surface area contributed by atoms with E-state index in [4.69, 9.17) is 4.42 Å². The number of furan rings is 1. The molecule has 1 aliphatic rings. The first-order chi connectivity index (χ1) is 13.6. The molecule has 0 aliphatic carbocycles. The molecule has 2 aromatic heterocycles. The zero-order valence-electron chi connectivity index (χ0n) is 14.8. The molecule has 9 heteroatoms. The molecule has 7 nitrogen and oxygen atoms in total. The normalized spacial score (nSPS) is 14.8. The molecule has 0 bridgehead atoms. The summed E-state index contributed by atoms with van der Waals surface area (Å²) >= 11 is 4.53. The first-order valence-electron chi connectivity index (χ1n) is 8.84. The highest BCUT2D eigenvalue weighted by atomic mass is 79.9. The molecule has 28 heavy (non-hydrogen) atoms. The van der Waals surface area contributed by atoms with E-state index in [2.05, 4.69) is 31.4 Å². The highest BCUT2D eigenvalue weighted by Crippen LogP contribution is 2.31. The number of carbonyl (C=O) groups excluding carboxylic acids is 2. The number of rotatable bonds is 4. The first-order valence-corrected chi connectivity index (χ1v) is 10.5. The molecule has 3 aromatic rings. The predicted molar refractivity (Wildman–Crippen MR) is 109 cm³/mol. The van der Waals surface area contributed by atoms with Gasteiger partial charge in [0.05, 0.1) is 0 Å². The number of para-hydroxylation sites is 1. The molecule has 1 saturated heterocycles. The first kappa shape index (κ1) is 18.8. The number of likely N-dealkylation sites (tertiary alicyclic amines) is 1. The Hall–Kier alpha value is -2.52. The number of anilines is 1. The highest BCUT2D eigenvalue weighted by molar-refractivity contribution is 9.10. The van der Waals surface area contributed by atoms with Crippen LogP contribution in [0, 0.1) is 0 Å². The van der Waals surface area contributed by atoms with Crippen molar-refractivity contribution in [3.05, 3.63) is 62.9 Å². The van der Waals surface area contributed by atoms with Crippen molar-refractivity contribution in [3.63, 3.8) is 0 Å². The van der Waals surface area contributed by atoms with Gasteiger partial charge < -0.3 is 14.6 Å². The Morgan fingerprint density at radius 3 is 2.54 bits per heavy atom. The Morgan fingerprint density at radius 1 is 1.11 bits per heavy atom. The third kappa shape index (κ3) is 4.15. The molecular formula is C19H17BrN4O3S. The van der Waals surface area contributed by atoms with E-state index in [1.54, 1.807) is 17.0 Å². The lowest BCUT2D eigenvalue weighted by Crippen LogP contribution is -2.37. The van der Waals surface area contributed by atoms with Gasteiger partial charge in [-0.25, -0.2) is 0 Å². The van der Waals surface area contributed by atoms with Crippen LogP contribution in [-0.2, 0) is 0 Å². The van der Waals surface area contributed by atoms with Crippen LogP contribution >= 0.6 is 27.3 Å². The second-order valence-electron chi connectivity index (χ2n) is 6.44. The monoisotopic (exact) mass is 460 g/mol. The van der Waals surface area contributed by atoms with Crippen molar-refractivity contribution < 1.29 is 14.0 Å². The number of carbonyl (C=O) groups is 2. The summed E-state index contributed by atoms with van der Waals surface area (Å²) < 4.78 is 5.89. The molecule has 1 aromatic carbocycles. The van der Waals surface area contributed by atoms with Crippen molar-refractivity contribution in [2.75, 3.05) is 18.4 Å². The van der Waals surface area contributed by atoms with E-state index < -0.39 is 0 Å². The number of benzene rings is 1. The van der Waals surface area contributed by atoms with Gasteiger partial charge in [0.2, 0.25) is 5.01 Å². The van der Waals surface area contributed by atoms with Crippen molar-refractivity contribution in [1.29, 1.82) is 0 Å². The van der Waals surface area contributed by atoms with Crippen molar-refractivity contribution in [1.82, 2.24) is 15.1 Å². The highest BCUT2D eigenvalue weighted by Gasteiger charge is 2.28. The Labute approximate surface area is 173 Å². The fourth-order valence-electron chi connectivity index (χ4n) is 3.11. The average molecular weight is 461 g/mol. The van der Waals surface area contributed by atoms with Crippen molar-refractivity contribution in [3.8, 4) is 0 Å². The summed E-state index contributed by atoms with van der Waals surface area (Å²) in [4.78, 5) is 26.6. The smallest absolute Gasteiger partial charge is 0.289 e. The van der Waals surface area contributed by atoms with Crippen LogP contribution in [0.25, 0.3) is 0 Å². The van der Waals surface area contributed by atoms with E-state index in [1.165, 1.54) is 11.3 Å². The maximum Gasteiger partial charge on any atom is 0.289 e. The lowest BCUT2D eigenvalue weighted by atomic mass is 9.97. The van der Waals surface area contributed by atoms with Gasteiger partial charge in [-0.1, -0.05) is 29.5 Å². The van der Waals surface area contributed by atoms with E-state index in [0.29, 0.717) is 28.5 Å². The summed E-state index contributed by atoms with van der Waals surface area (Å²) in [5, 5.41) is 12.3. The van der Waals surface area contributed by atoms with Crippen LogP contribution in [0.4, 0.5) is 5.69 Å². The van der Waals surface area contributed by atoms with Crippen LogP contribution in [0.15, 0.2) is 51.6 Å². The molecule has 0 saturated carbocycles. The van der Waals surface area contributed by atoms with Gasteiger partial charge in [-0.05, 0) is 53.0 Å². The summed E-state index contributed by atoms with van der Waals surface area (Å²) in [5.74, 6) is 0.166. The van der Waals surface area contributed by atoms with Gasteiger partial charge in [0, 0.05) is 24.7 Å². The lowest BCUT2D eigenvalue weighted by Gasteiger charge is -2.30. The Kier molecular flexibility index (Phi) is 5.54. The van der Waals surface area contributed by atoms with Crippen LogP contribution in [-0.4, -0.2) is 40.0 Å². The quantitative estimate of drug-likeness (QED) is 0.630. The van der Waals surface area contributed by atoms with E-state index in [0.717, 1.165) is 23.5 Å². The number of amides is 2. The molecule has 0 atom stereocenters. The van der Waals surface area contributed by atoms with Crippen molar-refractivity contribution >= 4 is 44.8 Å². The minimum atomic E-state index is -0.258. The molecule has 0 radical (unpaired) electrons. The Bertz CT molecular complexity index is 980. The molecule has 1 N–H and O–H groups in total. The van der Waals surface area contributed by atoms with Gasteiger partial charge in [-0.15, -0.1) is 10.2 Å². The number of nitrogens with zero attached hydrogens (tertiary/aromatic N) is 3. The fourth-order valence-corrected chi connectivity index (χ4v) is 4.33. The third-order valence-corrected chi connectivity index (χ3v) is 6.09. The predicted octanol–water partition coefficient (Wildman–Crippen LogP) is 4.17. The topological polar surface area (TPSA) is 88.3 Å².